The molecule has 0 radical (unpaired) electrons. The summed E-state index contributed by atoms with van der Waals surface area (Å²) < 4.78 is 39.9. The van der Waals surface area contributed by atoms with Crippen LogP contribution in [0.1, 0.15) is 18.4 Å². The number of piperazine rings is 1. The molecule has 31 heavy (non-hydrogen) atoms. The summed E-state index contributed by atoms with van der Waals surface area (Å²) in [5.74, 6) is -0.982. The van der Waals surface area contributed by atoms with Crippen LogP contribution in [-0.4, -0.2) is 62.8 Å². The van der Waals surface area contributed by atoms with Crippen molar-refractivity contribution in [2.24, 2.45) is 0 Å². The minimum atomic E-state index is -3.98. The van der Waals surface area contributed by atoms with Gasteiger partial charge in [-0.25, -0.2) is 17.5 Å². The summed E-state index contributed by atoms with van der Waals surface area (Å²) >= 11 is 0. The Balaban J connectivity index is 1.40. The Hall–Kier alpha value is -2.78. The molecule has 0 bridgehead atoms. The van der Waals surface area contributed by atoms with Crippen LogP contribution in [0.4, 0.5) is 4.39 Å². The van der Waals surface area contributed by atoms with Crippen molar-refractivity contribution in [2.75, 3.05) is 32.7 Å². The van der Waals surface area contributed by atoms with Crippen LogP contribution in [0.3, 0.4) is 0 Å². The molecule has 2 aromatic rings. The van der Waals surface area contributed by atoms with Gasteiger partial charge in [0.05, 0.1) is 11.4 Å². The Kier molecular flexibility index (Phi) is 7.75. The number of benzene rings is 2. The van der Waals surface area contributed by atoms with Crippen molar-refractivity contribution in [3.63, 3.8) is 0 Å². The summed E-state index contributed by atoms with van der Waals surface area (Å²) in [7, 11) is -3.98. The molecule has 1 N–H and O–H groups in total. The molecule has 2 aromatic carbocycles. The van der Waals surface area contributed by atoms with E-state index in [-0.39, 0.29) is 16.7 Å². The standard InChI is InChI=1S/C22H26FN3O4S/c23-19-9-5-10-20(16-19)31(29,30)24-17-22(28)26-14-12-25(13-15-26)21(27)11-4-8-18-6-2-1-3-7-18/h1-3,5-7,9-10,16,24H,4,8,11-15,17H2. The molecule has 1 heterocycles. The first-order valence-electron chi connectivity index (χ1n) is 10.2. The monoisotopic (exact) mass is 447 g/mol. The van der Waals surface area contributed by atoms with Crippen molar-refractivity contribution in [1.82, 2.24) is 14.5 Å². The number of carbonyl (C=O) groups excluding carboxylic acids is 2. The van der Waals surface area contributed by atoms with Crippen molar-refractivity contribution in [3.8, 4) is 0 Å². The maximum absolute atomic E-state index is 13.3. The molecule has 9 heteroatoms. The summed E-state index contributed by atoms with van der Waals surface area (Å²) in [6, 6.07) is 14.6. The minimum Gasteiger partial charge on any atom is -0.339 e. The van der Waals surface area contributed by atoms with Gasteiger partial charge in [-0.15, -0.1) is 0 Å². The van der Waals surface area contributed by atoms with Gasteiger partial charge >= 0.3 is 0 Å². The Bertz CT molecular complexity index is 1010. The van der Waals surface area contributed by atoms with Gasteiger partial charge in [0, 0.05) is 32.6 Å². The van der Waals surface area contributed by atoms with Crippen LogP contribution in [0.5, 0.6) is 0 Å². The molecule has 0 unspecified atom stereocenters. The zero-order valence-corrected chi connectivity index (χ0v) is 18.0. The summed E-state index contributed by atoms with van der Waals surface area (Å²) in [5.41, 5.74) is 1.20. The normalized spacial score (nSPS) is 14.5. The van der Waals surface area contributed by atoms with Gasteiger partial charge in [-0.05, 0) is 36.6 Å². The molecule has 0 saturated carbocycles. The predicted octanol–water partition coefficient (Wildman–Crippen LogP) is 1.80. The Labute approximate surface area is 181 Å². The third-order valence-electron chi connectivity index (χ3n) is 5.20. The number of sulfonamides is 1. The minimum absolute atomic E-state index is 0.0647. The fourth-order valence-electron chi connectivity index (χ4n) is 3.44. The van der Waals surface area contributed by atoms with E-state index in [1.165, 1.54) is 22.6 Å². The lowest BCUT2D eigenvalue weighted by molar-refractivity contribution is -0.138. The van der Waals surface area contributed by atoms with E-state index in [0.717, 1.165) is 25.0 Å². The van der Waals surface area contributed by atoms with Crippen LogP contribution in [0, 0.1) is 5.82 Å². The van der Waals surface area contributed by atoms with Gasteiger partial charge in [0.15, 0.2) is 0 Å². The van der Waals surface area contributed by atoms with E-state index in [2.05, 4.69) is 4.72 Å². The maximum atomic E-state index is 13.3. The molecular formula is C22H26FN3O4S. The van der Waals surface area contributed by atoms with Crippen LogP contribution >= 0.6 is 0 Å². The molecular weight excluding hydrogens is 421 g/mol. The largest absolute Gasteiger partial charge is 0.339 e. The van der Waals surface area contributed by atoms with E-state index in [1.807, 2.05) is 30.3 Å². The quantitative estimate of drug-likeness (QED) is 0.669. The Morgan fingerprint density at radius 1 is 0.903 bits per heavy atom. The van der Waals surface area contributed by atoms with Gasteiger partial charge < -0.3 is 9.80 Å². The second-order valence-corrected chi connectivity index (χ2v) is 9.15. The lowest BCUT2D eigenvalue weighted by atomic mass is 10.1. The number of nitrogens with zero attached hydrogens (tertiary/aromatic N) is 2. The maximum Gasteiger partial charge on any atom is 0.241 e. The fraction of sp³-hybridized carbons (Fsp3) is 0.364. The molecule has 0 atom stereocenters. The van der Waals surface area contributed by atoms with E-state index in [0.29, 0.717) is 32.6 Å². The number of rotatable bonds is 8. The van der Waals surface area contributed by atoms with E-state index in [1.54, 1.807) is 4.90 Å². The van der Waals surface area contributed by atoms with Crippen LogP contribution in [0.15, 0.2) is 59.5 Å². The van der Waals surface area contributed by atoms with Crippen LogP contribution < -0.4 is 4.72 Å². The smallest absolute Gasteiger partial charge is 0.241 e. The molecule has 166 valence electrons. The second-order valence-electron chi connectivity index (χ2n) is 7.38. The van der Waals surface area contributed by atoms with Crippen molar-refractivity contribution in [3.05, 3.63) is 66.0 Å². The number of halogens is 1. The van der Waals surface area contributed by atoms with Crippen molar-refractivity contribution < 1.29 is 22.4 Å². The van der Waals surface area contributed by atoms with E-state index in [9.17, 15) is 22.4 Å². The van der Waals surface area contributed by atoms with Gasteiger partial charge in [-0.2, -0.15) is 0 Å². The highest BCUT2D eigenvalue weighted by Gasteiger charge is 2.25. The average molecular weight is 448 g/mol. The number of hydrogen-bond acceptors (Lipinski definition) is 4. The number of amides is 2. The van der Waals surface area contributed by atoms with Crippen molar-refractivity contribution in [1.29, 1.82) is 0 Å². The Morgan fingerprint density at radius 2 is 1.55 bits per heavy atom. The van der Waals surface area contributed by atoms with Gasteiger partial charge in [0.1, 0.15) is 5.82 Å². The predicted molar refractivity (Wildman–Crippen MR) is 114 cm³/mol. The second kappa shape index (κ2) is 10.5. The highest BCUT2D eigenvalue weighted by molar-refractivity contribution is 7.89. The van der Waals surface area contributed by atoms with E-state index in [4.69, 9.17) is 0 Å². The number of aryl methyl sites for hydroxylation is 1. The van der Waals surface area contributed by atoms with Crippen molar-refractivity contribution >= 4 is 21.8 Å². The number of hydrogen-bond donors (Lipinski definition) is 1. The first kappa shape index (κ1) is 22.9. The molecule has 1 saturated heterocycles. The lowest BCUT2D eigenvalue weighted by Crippen LogP contribution is -2.52. The Morgan fingerprint density at radius 3 is 2.19 bits per heavy atom. The van der Waals surface area contributed by atoms with Gasteiger partial charge in [0.25, 0.3) is 0 Å². The molecule has 2 amide bonds. The molecule has 0 aliphatic carbocycles. The van der Waals surface area contributed by atoms with E-state index < -0.39 is 22.4 Å². The van der Waals surface area contributed by atoms with Crippen LogP contribution in [0.2, 0.25) is 0 Å². The summed E-state index contributed by atoms with van der Waals surface area (Å²) in [6.07, 6.45) is 2.07. The molecule has 0 aromatic heterocycles. The zero-order valence-electron chi connectivity index (χ0n) is 17.2. The SMILES string of the molecule is O=C(CCCc1ccccc1)N1CCN(C(=O)CNS(=O)(=O)c2cccc(F)c2)CC1. The van der Waals surface area contributed by atoms with E-state index >= 15 is 0 Å². The third-order valence-corrected chi connectivity index (χ3v) is 6.60. The molecule has 1 aliphatic heterocycles. The summed E-state index contributed by atoms with van der Waals surface area (Å²) in [4.78, 5) is 27.8. The molecule has 1 aliphatic rings. The first-order valence-corrected chi connectivity index (χ1v) is 11.7. The highest BCUT2D eigenvalue weighted by Crippen LogP contribution is 2.11. The van der Waals surface area contributed by atoms with Crippen LogP contribution in [-0.2, 0) is 26.0 Å². The first-order chi connectivity index (χ1) is 14.8. The summed E-state index contributed by atoms with van der Waals surface area (Å²) in [6.45, 7) is 1.14. The average Bonchev–Trinajstić information content (AvgIpc) is 2.78. The number of carbonyl (C=O) groups is 2. The van der Waals surface area contributed by atoms with Crippen LogP contribution in [0.25, 0.3) is 0 Å². The molecule has 0 spiro atoms. The van der Waals surface area contributed by atoms with Gasteiger partial charge in [0.2, 0.25) is 21.8 Å². The highest BCUT2D eigenvalue weighted by atomic mass is 32.2. The zero-order chi connectivity index (χ0) is 22.3. The molecule has 7 nitrogen and oxygen atoms in total. The molecule has 3 rings (SSSR count). The van der Waals surface area contributed by atoms with Crippen molar-refractivity contribution in [2.45, 2.75) is 24.2 Å². The fourth-order valence-corrected chi connectivity index (χ4v) is 4.44. The van der Waals surface area contributed by atoms with Gasteiger partial charge in [-0.3, -0.25) is 9.59 Å². The topological polar surface area (TPSA) is 86.8 Å². The number of nitrogens with one attached hydrogen (secondary N) is 1. The summed E-state index contributed by atoms with van der Waals surface area (Å²) in [5, 5.41) is 0. The third kappa shape index (κ3) is 6.60. The lowest BCUT2D eigenvalue weighted by Gasteiger charge is -2.35. The van der Waals surface area contributed by atoms with Gasteiger partial charge in [-0.1, -0.05) is 36.4 Å². The molecule has 1 fully saturated rings.